The number of non-ortho nitro benzene ring substituents is 1. The van der Waals surface area contributed by atoms with Gasteiger partial charge in [-0.1, -0.05) is 42.1 Å². The van der Waals surface area contributed by atoms with E-state index in [0.29, 0.717) is 17.6 Å². The van der Waals surface area contributed by atoms with Crippen molar-refractivity contribution in [2.24, 2.45) is 0 Å². The fourth-order valence-electron chi connectivity index (χ4n) is 2.81. The number of aromatic amines is 1. The maximum absolute atomic E-state index is 13.2. The summed E-state index contributed by atoms with van der Waals surface area (Å²) in [6, 6.07) is 11.9. The number of imidazole rings is 1. The summed E-state index contributed by atoms with van der Waals surface area (Å²) < 4.78 is 39.7. The smallest absolute Gasteiger partial charge is 0.337 e. The van der Waals surface area contributed by atoms with Crippen molar-refractivity contribution in [3.8, 4) is 0 Å². The van der Waals surface area contributed by atoms with E-state index >= 15 is 0 Å². The van der Waals surface area contributed by atoms with Crippen molar-refractivity contribution >= 4 is 29.0 Å². The molecule has 0 saturated carbocycles. The molecule has 0 radical (unpaired) electrons. The number of nitrogens with zero attached hydrogens (tertiary/aromatic N) is 2. The topological polar surface area (TPSA) is 101 Å². The normalized spacial score (nSPS) is 11.4. The second-order valence-corrected chi connectivity index (χ2v) is 7.56. The lowest BCUT2D eigenvalue weighted by Gasteiger charge is -2.13. The van der Waals surface area contributed by atoms with Crippen molar-refractivity contribution < 1.29 is 22.9 Å². The lowest BCUT2D eigenvalue weighted by molar-refractivity contribution is -0.385. The number of hydrogen-bond acceptors (Lipinski definition) is 5. The Morgan fingerprint density at radius 2 is 1.94 bits per heavy atom. The van der Waals surface area contributed by atoms with Gasteiger partial charge in [-0.25, -0.2) is 4.98 Å². The van der Waals surface area contributed by atoms with Gasteiger partial charge in [0, 0.05) is 24.2 Å². The van der Waals surface area contributed by atoms with Gasteiger partial charge < -0.3 is 10.3 Å². The Kier molecular flexibility index (Phi) is 6.64. The number of thioether (sulfide) groups is 1. The summed E-state index contributed by atoms with van der Waals surface area (Å²) in [4.78, 5) is 29.5. The van der Waals surface area contributed by atoms with E-state index in [9.17, 15) is 28.1 Å². The van der Waals surface area contributed by atoms with Gasteiger partial charge in [-0.2, -0.15) is 13.2 Å². The molecule has 162 valence electrons. The fraction of sp³-hybridized carbons (Fsp3) is 0.200. The minimum atomic E-state index is -4.85. The molecule has 2 aromatic carbocycles. The first-order valence-electron chi connectivity index (χ1n) is 9.01. The third-order valence-corrected chi connectivity index (χ3v) is 5.18. The van der Waals surface area contributed by atoms with Crippen molar-refractivity contribution in [3.63, 3.8) is 0 Å². The van der Waals surface area contributed by atoms with Gasteiger partial charge in [0.2, 0.25) is 5.91 Å². The minimum Gasteiger partial charge on any atom is -0.337 e. The minimum absolute atomic E-state index is 0.188. The summed E-state index contributed by atoms with van der Waals surface area (Å²) >= 11 is 1.05. The molecule has 31 heavy (non-hydrogen) atoms. The Morgan fingerprint density at radius 3 is 2.58 bits per heavy atom. The molecule has 1 aromatic heterocycles. The van der Waals surface area contributed by atoms with Gasteiger partial charge >= 0.3 is 6.18 Å². The van der Waals surface area contributed by atoms with Crippen LogP contribution in [0.5, 0.6) is 0 Å². The zero-order valence-corrected chi connectivity index (χ0v) is 17.0. The number of rotatable bonds is 7. The lowest BCUT2D eigenvalue weighted by atomic mass is 10.1. The molecule has 1 amide bonds. The Bertz CT molecular complexity index is 1100. The number of carbonyl (C=O) groups excluding carboxylic acids is 1. The standard InChI is InChI=1S/C20H17F3N4O3S/c1-12-17(9-13-5-3-2-4-6-13)26-19(24-12)31-11-18(28)25-16-8-7-14(27(29)30)10-15(16)20(21,22)23/h2-8,10H,9,11H2,1H3,(H,24,26)(H,25,28). The van der Waals surface area contributed by atoms with Crippen molar-refractivity contribution in [2.75, 3.05) is 11.1 Å². The molecule has 1 heterocycles. The average molecular weight is 450 g/mol. The highest BCUT2D eigenvalue weighted by atomic mass is 32.2. The van der Waals surface area contributed by atoms with Crippen LogP contribution in [0.25, 0.3) is 0 Å². The largest absolute Gasteiger partial charge is 0.418 e. The number of nitrogens with one attached hydrogen (secondary N) is 2. The van der Waals surface area contributed by atoms with Crippen molar-refractivity contribution in [1.82, 2.24) is 9.97 Å². The van der Waals surface area contributed by atoms with Gasteiger partial charge in [0.25, 0.3) is 5.69 Å². The first-order valence-corrected chi connectivity index (χ1v) is 9.99. The molecular formula is C20H17F3N4O3S. The summed E-state index contributed by atoms with van der Waals surface area (Å²) in [5.41, 5.74) is 0.189. The molecule has 0 spiro atoms. The monoisotopic (exact) mass is 450 g/mol. The number of hydrogen-bond donors (Lipinski definition) is 2. The summed E-state index contributed by atoms with van der Waals surface area (Å²) in [5, 5.41) is 13.4. The molecule has 11 heteroatoms. The maximum Gasteiger partial charge on any atom is 0.418 e. The number of nitro groups is 1. The zero-order valence-electron chi connectivity index (χ0n) is 16.2. The van der Waals surface area contributed by atoms with E-state index < -0.39 is 33.9 Å². The third kappa shape index (κ3) is 5.85. The predicted octanol–water partition coefficient (Wildman–Crippen LogP) is 4.97. The summed E-state index contributed by atoms with van der Waals surface area (Å²) in [7, 11) is 0. The number of aryl methyl sites for hydroxylation is 1. The van der Waals surface area contributed by atoms with Crippen LogP contribution in [0, 0.1) is 17.0 Å². The molecule has 2 N–H and O–H groups in total. The Morgan fingerprint density at radius 1 is 1.23 bits per heavy atom. The molecule has 7 nitrogen and oxygen atoms in total. The quantitative estimate of drug-likeness (QED) is 0.301. The van der Waals surface area contributed by atoms with E-state index in [0.717, 1.165) is 40.8 Å². The van der Waals surface area contributed by atoms with Crippen LogP contribution in [0.2, 0.25) is 0 Å². The Balaban J connectivity index is 1.66. The molecule has 0 atom stereocenters. The van der Waals surface area contributed by atoms with Gasteiger partial charge in [0.05, 0.1) is 27.6 Å². The van der Waals surface area contributed by atoms with Crippen LogP contribution in [0.1, 0.15) is 22.5 Å². The summed E-state index contributed by atoms with van der Waals surface area (Å²) in [6.45, 7) is 1.85. The van der Waals surface area contributed by atoms with Gasteiger partial charge in [0.15, 0.2) is 5.16 Å². The van der Waals surface area contributed by atoms with Gasteiger partial charge in [-0.05, 0) is 18.6 Å². The zero-order chi connectivity index (χ0) is 22.6. The summed E-state index contributed by atoms with van der Waals surface area (Å²) in [5.74, 6) is -0.880. The Hall–Kier alpha value is -3.34. The SMILES string of the molecule is Cc1[nH]c(SCC(=O)Nc2ccc([N+](=O)[O-])cc2C(F)(F)F)nc1Cc1ccccc1. The van der Waals surface area contributed by atoms with E-state index in [1.807, 2.05) is 37.3 Å². The highest BCUT2D eigenvalue weighted by molar-refractivity contribution is 7.99. The number of nitro benzene ring substituents is 1. The second kappa shape index (κ2) is 9.21. The molecule has 0 unspecified atom stereocenters. The predicted molar refractivity (Wildman–Crippen MR) is 110 cm³/mol. The molecule has 0 saturated heterocycles. The van der Waals surface area contributed by atoms with Crippen LogP contribution >= 0.6 is 11.8 Å². The van der Waals surface area contributed by atoms with E-state index in [1.165, 1.54) is 0 Å². The molecule has 0 aliphatic rings. The van der Waals surface area contributed by atoms with Crippen molar-refractivity contribution in [2.45, 2.75) is 24.7 Å². The van der Waals surface area contributed by atoms with Crippen LogP contribution in [0.15, 0.2) is 53.7 Å². The first kappa shape index (κ1) is 22.3. The lowest BCUT2D eigenvalue weighted by Crippen LogP contribution is -2.18. The first-order chi connectivity index (χ1) is 14.6. The number of halogens is 3. The van der Waals surface area contributed by atoms with E-state index in [4.69, 9.17) is 0 Å². The Labute approximate surface area is 179 Å². The highest BCUT2D eigenvalue weighted by Gasteiger charge is 2.35. The van der Waals surface area contributed by atoms with Crippen LogP contribution in [-0.4, -0.2) is 26.6 Å². The van der Waals surface area contributed by atoms with Crippen LogP contribution in [-0.2, 0) is 17.4 Å². The number of amides is 1. The van der Waals surface area contributed by atoms with Crippen molar-refractivity contribution in [3.05, 3.63) is 81.2 Å². The number of aromatic nitrogens is 2. The fourth-order valence-corrected chi connectivity index (χ4v) is 3.55. The third-order valence-electron chi connectivity index (χ3n) is 4.31. The average Bonchev–Trinajstić information content (AvgIpc) is 3.06. The van der Waals surface area contributed by atoms with Crippen LogP contribution in [0.3, 0.4) is 0 Å². The van der Waals surface area contributed by atoms with Gasteiger partial charge in [-0.3, -0.25) is 14.9 Å². The van der Waals surface area contributed by atoms with Gasteiger partial charge in [-0.15, -0.1) is 0 Å². The molecule has 0 aliphatic heterocycles. The number of H-pyrrole nitrogens is 1. The highest BCUT2D eigenvalue weighted by Crippen LogP contribution is 2.37. The van der Waals surface area contributed by atoms with E-state index in [-0.39, 0.29) is 5.75 Å². The molecule has 3 rings (SSSR count). The molecule has 3 aromatic rings. The number of anilines is 1. The molecule has 0 fully saturated rings. The summed E-state index contributed by atoms with van der Waals surface area (Å²) in [6.07, 6.45) is -4.25. The van der Waals surface area contributed by atoms with E-state index in [1.54, 1.807) is 0 Å². The van der Waals surface area contributed by atoms with Crippen LogP contribution in [0.4, 0.5) is 24.5 Å². The molecular weight excluding hydrogens is 433 g/mol. The maximum atomic E-state index is 13.2. The van der Waals surface area contributed by atoms with E-state index in [2.05, 4.69) is 15.3 Å². The second-order valence-electron chi connectivity index (χ2n) is 6.60. The molecule has 0 aliphatic carbocycles. The number of benzene rings is 2. The van der Waals surface area contributed by atoms with Crippen LogP contribution < -0.4 is 5.32 Å². The van der Waals surface area contributed by atoms with Gasteiger partial charge in [0.1, 0.15) is 0 Å². The molecule has 0 bridgehead atoms. The number of carbonyl (C=O) groups is 1. The van der Waals surface area contributed by atoms with Crippen molar-refractivity contribution in [1.29, 1.82) is 0 Å². The number of alkyl halides is 3.